The number of alkyl halides is 2. The molecule has 2 aliphatic rings. The van der Waals surface area contributed by atoms with E-state index in [1.54, 1.807) is 6.26 Å². The van der Waals surface area contributed by atoms with Gasteiger partial charge in [0.2, 0.25) is 0 Å². The molecule has 1 heterocycles. The van der Waals surface area contributed by atoms with Gasteiger partial charge in [-0.05, 0) is 31.2 Å². The highest BCUT2D eigenvalue weighted by Crippen LogP contribution is 2.48. The topological polar surface area (TPSA) is 52.6 Å². The van der Waals surface area contributed by atoms with Crippen molar-refractivity contribution >= 4 is 23.3 Å². The first-order valence-corrected chi connectivity index (χ1v) is 7.66. The minimum absolute atomic E-state index is 0.0334. The van der Waals surface area contributed by atoms with Gasteiger partial charge in [-0.15, -0.1) is 20.5 Å². The number of thioether (sulfide) groups is 1. The van der Waals surface area contributed by atoms with Gasteiger partial charge in [0, 0.05) is 5.92 Å². The van der Waals surface area contributed by atoms with Crippen molar-refractivity contribution in [2.24, 2.45) is 5.92 Å². The van der Waals surface area contributed by atoms with Crippen LogP contribution in [-0.4, -0.2) is 24.1 Å². The van der Waals surface area contributed by atoms with Gasteiger partial charge in [-0.1, -0.05) is 0 Å². The van der Waals surface area contributed by atoms with E-state index >= 15 is 0 Å². The molecule has 21 heavy (non-hydrogen) atoms. The molecular formula is C14H12F2O4S. The lowest BCUT2D eigenvalue weighted by molar-refractivity contribution is -0.287. The summed E-state index contributed by atoms with van der Waals surface area (Å²) in [5, 5.41) is 0. The standard InChI is InChI=1S/C14H12F2O4S/c1-21-11-5-4-8(10(18)6-9(17)7-2-3-7)12-13(11)20-14(15,16)19-12/h4-5,7H,2-3,6H2,1H3. The predicted octanol–water partition coefficient (Wildman–Crippen LogP) is 3.28. The van der Waals surface area contributed by atoms with E-state index in [9.17, 15) is 18.4 Å². The van der Waals surface area contributed by atoms with E-state index in [0.717, 1.165) is 12.8 Å². The third-order valence-corrected chi connectivity index (χ3v) is 4.17. The van der Waals surface area contributed by atoms with Crippen molar-refractivity contribution in [2.75, 3.05) is 6.26 Å². The van der Waals surface area contributed by atoms with Gasteiger partial charge in [0.1, 0.15) is 5.78 Å². The molecule has 4 nitrogen and oxygen atoms in total. The normalized spacial score (nSPS) is 18.6. The zero-order chi connectivity index (χ0) is 15.2. The van der Waals surface area contributed by atoms with Crippen molar-refractivity contribution in [3.05, 3.63) is 17.7 Å². The van der Waals surface area contributed by atoms with E-state index in [1.165, 1.54) is 23.9 Å². The molecule has 1 aliphatic heterocycles. The summed E-state index contributed by atoms with van der Waals surface area (Å²) in [5.41, 5.74) is -0.0334. The molecule has 0 N–H and O–H groups in total. The number of hydrogen-bond acceptors (Lipinski definition) is 5. The van der Waals surface area contributed by atoms with Crippen LogP contribution >= 0.6 is 11.8 Å². The molecule has 0 bridgehead atoms. The zero-order valence-corrected chi connectivity index (χ0v) is 12.0. The summed E-state index contributed by atoms with van der Waals surface area (Å²) < 4.78 is 35.4. The molecule has 1 fully saturated rings. The largest absolute Gasteiger partial charge is 0.586 e. The summed E-state index contributed by atoms with van der Waals surface area (Å²) in [6.07, 6.45) is -0.775. The second-order valence-electron chi connectivity index (χ2n) is 4.98. The van der Waals surface area contributed by atoms with Gasteiger partial charge in [-0.2, -0.15) is 0 Å². The molecule has 1 aromatic rings. The van der Waals surface area contributed by atoms with Crippen molar-refractivity contribution in [2.45, 2.75) is 30.5 Å². The minimum atomic E-state index is -3.79. The van der Waals surface area contributed by atoms with Gasteiger partial charge < -0.3 is 9.47 Å². The number of halogens is 2. The Kier molecular flexibility index (Phi) is 3.39. The van der Waals surface area contributed by atoms with Gasteiger partial charge in [0.15, 0.2) is 17.3 Å². The number of ether oxygens (including phenoxy) is 2. The lowest BCUT2D eigenvalue weighted by Gasteiger charge is -2.07. The molecule has 0 radical (unpaired) electrons. The summed E-state index contributed by atoms with van der Waals surface area (Å²) >= 11 is 1.21. The third-order valence-electron chi connectivity index (χ3n) is 3.41. The van der Waals surface area contributed by atoms with Crippen LogP contribution in [0.15, 0.2) is 17.0 Å². The second kappa shape index (κ2) is 4.98. The summed E-state index contributed by atoms with van der Waals surface area (Å²) in [6, 6.07) is 2.92. The molecule has 3 rings (SSSR count). The molecule has 1 saturated carbocycles. The van der Waals surface area contributed by atoms with Gasteiger partial charge in [-0.3, -0.25) is 9.59 Å². The number of Topliss-reactive ketones (excluding diaryl/α,β-unsaturated/α-hetero) is 2. The van der Waals surface area contributed by atoms with Crippen LogP contribution in [0.4, 0.5) is 8.78 Å². The summed E-state index contributed by atoms with van der Waals surface area (Å²) in [7, 11) is 0. The molecule has 1 aliphatic carbocycles. The highest BCUT2D eigenvalue weighted by Gasteiger charge is 2.46. The van der Waals surface area contributed by atoms with E-state index in [4.69, 9.17) is 0 Å². The predicted molar refractivity (Wildman–Crippen MR) is 71.1 cm³/mol. The SMILES string of the molecule is CSc1ccc(C(=O)CC(=O)C2CC2)c2c1OC(F)(F)O2. The fourth-order valence-electron chi connectivity index (χ4n) is 2.18. The van der Waals surface area contributed by atoms with E-state index in [2.05, 4.69) is 9.47 Å². The van der Waals surface area contributed by atoms with Crippen LogP contribution in [0, 0.1) is 5.92 Å². The van der Waals surface area contributed by atoms with E-state index in [0.29, 0.717) is 4.90 Å². The Balaban J connectivity index is 1.91. The average molecular weight is 314 g/mol. The number of fused-ring (bicyclic) bond motifs is 1. The van der Waals surface area contributed by atoms with Crippen LogP contribution in [0.5, 0.6) is 11.5 Å². The highest BCUT2D eigenvalue weighted by molar-refractivity contribution is 7.98. The Labute approximate surface area is 123 Å². The number of rotatable bonds is 5. The molecule has 7 heteroatoms. The molecular weight excluding hydrogens is 302 g/mol. The molecule has 0 saturated heterocycles. The molecule has 0 aromatic heterocycles. The lowest BCUT2D eigenvalue weighted by Crippen LogP contribution is -2.26. The van der Waals surface area contributed by atoms with Crippen molar-refractivity contribution in [3.8, 4) is 11.5 Å². The first-order chi connectivity index (χ1) is 9.91. The maximum absolute atomic E-state index is 13.3. The first kappa shape index (κ1) is 14.3. The van der Waals surface area contributed by atoms with Crippen LogP contribution in [0.25, 0.3) is 0 Å². The average Bonchev–Trinajstić information content (AvgIpc) is 3.19. The van der Waals surface area contributed by atoms with E-state index in [1.807, 2.05) is 0 Å². The Morgan fingerprint density at radius 1 is 1.29 bits per heavy atom. The number of hydrogen-bond donors (Lipinski definition) is 0. The van der Waals surface area contributed by atoms with Gasteiger partial charge in [0.25, 0.3) is 0 Å². The number of carbonyl (C=O) groups excluding carboxylic acids is 2. The summed E-state index contributed by atoms with van der Waals surface area (Å²) in [5.74, 6) is -1.13. The van der Waals surface area contributed by atoms with Crippen molar-refractivity contribution < 1.29 is 27.8 Å². The number of carbonyl (C=O) groups is 2. The third kappa shape index (κ3) is 2.74. The fourth-order valence-corrected chi connectivity index (χ4v) is 2.71. The maximum atomic E-state index is 13.3. The molecule has 112 valence electrons. The fraction of sp³-hybridized carbons (Fsp3) is 0.429. The molecule has 0 amide bonds. The lowest BCUT2D eigenvalue weighted by atomic mass is 10.0. The summed E-state index contributed by atoms with van der Waals surface area (Å²) in [6.45, 7) is 0. The molecule has 0 unspecified atom stereocenters. The smallest absolute Gasteiger partial charge is 0.394 e. The van der Waals surface area contributed by atoms with Crippen LogP contribution in [0.3, 0.4) is 0 Å². The first-order valence-electron chi connectivity index (χ1n) is 6.44. The van der Waals surface area contributed by atoms with Gasteiger partial charge in [0.05, 0.1) is 16.9 Å². The van der Waals surface area contributed by atoms with Crippen LogP contribution in [0.2, 0.25) is 0 Å². The Bertz CT molecular complexity index is 626. The number of benzene rings is 1. The second-order valence-corrected chi connectivity index (χ2v) is 5.83. The zero-order valence-electron chi connectivity index (χ0n) is 11.2. The van der Waals surface area contributed by atoms with Crippen molar-refractivity contribution in [3.63, 3.8) is 0 Å². The van der Waals surface area contributed by atoms with Gasteiger partial charge >= 0.3 is 6.29 Å². The van der Waals surface area contributed by atoms with E-state index < -0.39 is 12.1 Å². The minimum Gasteiger partial charge on any atom is -0.394 e. The Hall–Kier alpha value is -1.63. The maximum Gasteiger partial charge on any atom is 0.586 e. The van der Waals surface area contributed by atoms with Crippen LogP contribution < -0.4 is 9.47 Å². The number of ketones is 2. The molecule has 0 atom stereocenters. The van der Waals surface area contributed by atoms with Crippen LogP contribution in [-0.2, 0) is 4.79 Å². The monoisotopic (exact) mass is 314 g/mol. The highest BCUT2D eigenvalue weighted by atomic mass is 32.2. The summed E-state index contributed by atoms with van der Waals surface area (Å²) in [4.78, 5) is 24.3. The Morgan fingerprint density at radius 2 is 1.95 bits per heavy atom. The van der Waals surface area contributed by atoms with Gasteiger partial charge in [-0.25, -0.2) is 0 Å². The molecule has 1 aromatic carbocycles. The van der Waals surface area contributed by atoms with Crippen molar-refractivity contribution in [1.82, 2.24) is 0 Å². The van der Waals surface area contributed by atoms with Crippen molar-refractivity contribution in [1.29, 1.82) is 0 Å². The molecule has 0 spiro atoms. The van der Waals surface area contributed by atoms with Crippen LogP contribution in [0.1, 0.15) is 29.6 Å². The quantitative estimate of drug-likeness (QED) is 0.474. The Morgan fingerprint density at radius 3 is 2.57 bits per heavy atom. The van der Waals surface area contributed by atoms with E-state index in [-0.39, 0.29) is 35.2 Å².